The van der Waals surface area contributed by atoms with E-state index in [4.69, 9.17) is 4.74 Å². The fourth-order valence-corrected chi connectivity index (χ4v) is 2.29. The summed E-state index contributed by atoms with van der Waals surface area (Å²) in [5.41, 5.74) is 0. The maximum atomic E-state index is 5.59. The van der Waals surface area contributed by atoms with E-state index in [0.717, 1.165) is 18.6 Å². The van der Waals surface area contributed by atoms with Gasteiger partial charge in [0.05, 0.1) is 6.10 Å². The molecule has 14 heavy (non-hydrogen) atoms. The van der Waals surface area contributed by atoms with Crippen LogP contribution in [0.15, 0.2) is 0 Å². The van der Waals surface area contributed by atoms with Gasteiger partial charge in [0, 0.05) is 12.6 Å². The Bertz CT molecular complexity index is 158. The average Bonchev–Trinajstić information content (AvgIpc) is 2.92. The third kappa shape index (κ3) is 3.25. The van der Waals surface area contributed by atoms with Gasteiger partial charge in [0.1, 0.15) is 0 Å². The highest BCUT2D eigenvalue weighted by atomic mass is 16.5. The molecule has 2 aliphatic rings. The van der Waals surface area contributed by atoms with Gasteiger partial charge >= 0.3 is 0 Å². The second-order valence-electron chi connectivity index (χ2n) is 4.86. The molecular formula is C12H23NO. The Morgan fingerprint density at radius 1 is 1.36 bits per heavy atom. The van der Waals surface area contributed by atoms with Gasteiger partial charge < -0.3 is 10.1 Å². The van der Waals surface area contributed by atoms with Crippen molar-refractivity contribution >= 4 is 0 Å². The normalized spacial score (nSPS) is 29.4. The zero-order valence-corrected chi connectivity index (χ0v) is 9.30. The molecule has 2 unspecified atom stereocenters. The number of ether oxygens (including phenoxy) is 1. The molecule has 1 N–H and O–H groups in total. The first kappa shape index (κ1) is 10.4. The molecule has 0 aromatic heterocycles. The Morgan fingerprint density at radius 2 is 2.21 bits per heavy atom. The smallest absolute Gasteiger partial charge is 0.0576 e. The summed E-state index contributed by atoms with van der Waals surface area (Å²) in [5, 5.41) is 3.61. The van der Waals surface area contributed by atoms with Gasteiger partial charge in [-0.25, -0.2) is 0 Å². The van der Waals surface area contributed by atoms with E-state index in [1.165, 1.54) is 45.1 Å². The molecule has 2 atom stereocenters. The van der Waals surface area contributed by atoms with Crippen LogP contribution < -0.4 is 5.32 Å². The molecule has 1 aliphatic heterocycles. The predicted octanol–water partition coefficient (Wildman–Crippen LogP) is 2.33. The number of hydrogen-bond donors (Lipinski definition) is 1. The van der Waals surface area contributed by atoms with E-state index in [9.17, 15) is 0 Å². The molecular weight excluding hydrogens is 174 g/mol. The lowest BCUT2D eigenvalue weighted by atomic mass is 10.1. The van der Waals surface area contributed by atoms with Crippen LogP contribution in [0.25, 0.3) is 0 Å². The van der Waals surface area contributed by atoms with Crippen molar-refractivity contribution < 1.29 is 4.74 Å². The van der Waals surface area contributed by atoms with Crippen molar-refractivity contribution in [1.82, 2.24) is 5.32 Å². The van der Waals surface area contributed by atoms with E-state index in [2.05, 4.69) is 12.2 Å². The van der Waals surface area contributed by atoms with Crippen LogP contribution in [0.4, 0.5) is 0 Å². The molecule has 0 radical (unpaired) electrons. The molecule has 0 bridgehead atoms. The van der Waals surface area contributed by atoms with Gasteiger partial charge in [-0.1, -0.05) is 0 Å². The van der Waals surface area contributed by atoms with Crippen LogP contribution in [0.1, 0.15) is 45.4 Å². The summed E-state index contributed by atoms with van der Waals surface area (Å²) in [4.78, 5) is 0. The fourth-order valence-electron chi connectivity index (χ4n) is 2.29. The summed E-state index contributed by atoms with van der Waals surface area (Å²) in [5.74, 6) is 0.984. The first-order chi connectivity index (χ1) is 6.86. The zero-order valence-electron chi connectivity index (χ0n) is 9.30. The van der Waals surface area contributed by atoms with E-state index in [-0.39, 0.29) is 0 Å². The van der Waals surface area contributed by atoms with Crippen molar-refractivity contribution in [3.05, 3.63) is 0 Å². The predicted molar refractivity (Wildman–Crippen MR) is 58.4 cm³/mol. The monoisotopic (exact) mass is 197 g/mol. The van der Waals surface area contributed by atoms with E-state index in [1.807, 2.05) is 0 Å². The Hall–Kier alpha value is -0.0800. The molecule has 0 aromatic carbocycles. The lowest BCUT2D eigenvalue weighted by Crippen LogP contribution is -2.29. The Balaban J connectivity index is 1.46. The zero-order chi connectivity index (χ0) is 9.80. The molecule has 0 aromatic rings. The number of rotatable bonds is 6. The topological polar surface area (TPSA) is 21.3 Å². The van der Waals surface area contributed by atoms with Crippen LogP contribution >= 0.6 is 0 Å². The van der Waals surface area contributed by atoms with E-state index < -0.39 is 0 Å². The minimum absolute atomic E-state index is 0.577. The maximum Gasteiger partial charge on any atom is 0.0576 e. The van der Waals surface area contributed by atoms with Crippen molar-refractivity contribution in [3.63, 3.8) is 0 Å². The molecule has 0 spiro atoms. The SMILES string of the molecule is CC(NCCCC1CCCO1)C1CC1. The van der Waals surface area contributed by atoms with Gasteiger partial charge in [-0.15, -0.1) is 0 Å². The van der Waals surface area contributed by atoms with E-state index in [1.54, 1.807) is 0 Å². The van der Waals surface area contributed by atoms with Crippen molar-refractivity contribution in [1.29, 1.82) is 0 Å². The van der Waals surface area contributed by atoms with Gasteiger partial charge in [-0.3, -0.25) is 0 Å². The number of hydrogen-bond acceptors (Lipinski definition) is 2. The minimum atomic E-state index is 0.577. The molecule has 2 nitrogen and oxygen atoms in total. The van der Waals surface area contributed by atoms with Crippen LogP contribution in [0.5, 0.6) is 0 Å². The molecule has 1 saturated carbocycles. The Labute approximate surface area is 87.4 Å². The fraction of sp³-hybridized carbons (Fsp3) is 1.00. The quantitative estimate of drug-likeness (QED) is 0.660. The van der Waals surface area contributed by atoms with Gasteiger partial charge in [-0.05, 0) is 57.9 Å². The molecule has 82 valence electrons. The average molecular weight is 197 g/mol. The summed E-state index contributed by atoms with van der Waals surface area (Å²) >= 11 is 0. The van der Waals surface area contributed by atoms with Crippen molar-refractivity contribution in [3.8, 4) is 0 Å². The Morgan fingerprint density at radius 3 is 2.86 bits per heavy atom. The summed E-state index contributed by atoms with van der Waals surface area (Å²) < 4.78 is 5.59. The van der Waals surface area contributed by atoms with Crippen LogP contribution in [0.2, 0.25) is 0 Å². The molecule has 1 aliphatic carbocycles. The second kappa shape index (κ2) is 5.13. The largest absolute Gasteiger partial charge is 0.378 e. The van der Waals surface area contributed by atoms with Crippen molar-refractivity contribution in [2.24, 2.45) is 5.92 Å². The third-order valence-corrected chi connectivity index (χ3v) is 3.52. The van der Waals surface area contributed by atoms with Gasteiger partial charge in [-0.2, -0.15) is 0 Å². The standard InChI is InChI=1S/C12H23NO/c1-10(11-6-7-11)13-8-2-4-12-5-3-9-14-12/h10-13H,2-9H2,1H3. The Kier molecular flexibility index (Phi) is 3.82. The van der Waals surface area contributed by atoms with Gasteiger partial charge in [0.15, 0.2) is 0 Å². The van der Waals surface area contributed by atoms with Gasteiger partial charge in [0.25, 0.3) is 0 Å². The lowest BCUT2D eigenvalue weighted by Gasteiger charge is -2.13. The summed E-state index contributed by atoms with van der Waals surface area (Å²) in [7, 11) is 0. The minimum Gasteiger partial charge on any atom is -0.378 e. The summed E-state index contributed by atoms with van der Waals surface area (Å²) in [6, 6.07) is 0.750. The highest BCUT2D eigenvalue weighted by Crippen LogP contribution is 2.32. The maximum absolute atomic E-state index is 5.59. The van der Waals surface area contributed by atoms with E-state index >= 15 is 0 Å². The van der Waals surface area contributed by atoms with Crippen LogP contribution in [-0.4, -0.2) is 25.3 Å². The van der Waals surface area contributed by atoms with Crippen LogP contribution in [-0.2, 0) is 4.74 Å². The molecule has 0 amide bonds. The highest BCUT2D eigenvalue weighted by Gasteiger charge is 2.27. The summed E-state index contributed by atoms with van der Waals surface area (Å²) in [6.07, 6.45) is 8.56. The van der Waals surface area contributed by atoms with Crippen molar-refractivity contribution in [2.45, 2.75) is 57.6 Å². The molecule has 2 fully saturated rings. The summed E-state index contributed by atoms with van der Waals surface area (Å²) in [6.45, 7) is 4.50. The lowest BCUT2D eigenvalue weighted by molar-refractivity contribution is 0.102. The second-order valence-corrected chi connectivity index (χ2v) is 4.86. The van der Waals surface area contributed by atoms with E-state index in [0.29, 0.717) is 6.10 Å². The highest BCUT2D eigenvalue weighted by molar-refractivity contribution is 4.83. The van der Waals surface area contributed by atoms with Crippen LogP contribution in [0, 0.1) is 5.92 Å². The first-order valence-electron chi connectivity index (χ1n) is 6.21. The molecule has 2 rings (SSSR count). The third-order valence-electron chi connectivity index (χ3n) is 3.52. The van der Waals surface area contributed by atoms with Crippen LogP contribution in [0.3, 0.4) is 0 Å². The number of nitrogens with one attached hydrogen (secondary N) is 1. The molecule has 1 saturated heterocycles. The van der Waals surface area contributed by atoms with Crippen molar-refractivity contribution in [2.75, 3.05) is 13.2 Å². The first-order valence-corrected chi connectivity index (χ1v) is 6.21. The molecule has 1 heterocycles. The van der Waals surface area contributed by atoms with Gasteiger partial charge in [0.2, 0.25) is 0 Å². The molecule has 2 heteroatoms.